The molecular formula is C18H20F3N5O3. The largest absolute Gasteiger partial charge is 0.466 e. The van der Waals surface area contributed by atoms with Gasteiger partial charge in [-0.05, 0) is 37.1 Å². The summed E-state index contributed by atoms with van der Waals surface area (Å²) in [5, 5.41) is 11.5. The number of alkyl halides is 3. The van der Waals surface area contributed by atoms with Gasteiger partial charge in [0, 0.05) is 18.7 Å². The molecule has 1 aliphatic rings. The number of hydrogen-bond acceptors (Lipinski definition) is 6. The zero-order chi connectivity index (χ0) is 21.0. The van der Waals surface area contributed by atoms with Gasteiger partial charge in [-0.1, -0.05) is 12.1 Å². The highest BCUT2D eigenvalue weighted by molar-refractivity contribution is 5.78. The number of nitrogens with zero attached hydrogens (tertiary/aromatic N) is 5. The van der Waals surface area contributed by atoms with Crippen molar-refractivity contribution in [3.05, 3.63) is 29.8 Å². The van der Waals surface area contributed by atoms with Crippen molar-refractivity contribution in [3.63, 3.8) is 0 Å². The summed E-state index contributed by atoms with van der Waals surface area (Å²) in [7, 11) is 0. The van der Waals surface area contributed by atoms with E-state index < -0.39 is 11.7 Å². The third-order valence-electron chi connectivity index (χ3n) is 4.57. The minimum atomic E-state index is -4.48. The van der Waals surface area contributed by atoms with E-state index in [2.05, 4.69) is 15.4 Å². The van der Waals surface area contributed by atoms with Gasteiger partial charge in [-0.25, -0.2) is 0 Å². The molecule has 0 saturated carbocycles. The molecule has 0 aliphatic carbocycles. The highest BCUT2D eigenvalue weighted by Crippen LogP contribution is 2.31. The van der Waals surface area contributed by atoms with Gasteiger partial charge in [-0.15, -0.1) is 10.2 Å². The number of aromatic nitrogens is 4. The molecule has 0 radical (unpaired) electrons. The Hall–Kier alpha value is -2.98. The van der Waals surface area contributed by atoms with E-state index in [1.54, 1.807) is 11.8 Å². The molecule has 8 nitrogen and oxygen atoms in total. The van der Waals surface area contributed by atoms with E-state index >= 15 is 0 Å². The summed E-state index contributed by atoms with van der Waals surface area (Å²) in [5.74, 6) is -0.994. The molecule has 1 atom stereocenters. The number of halogens is 3. The lowest BCUT2D eigenvalue weighted by Crippen LogP contribution is -2.44. The second kappa shape index (κ2) is 8.58. The zero-order valence-corrected chi connectivity index (χ0v) is 15.7. The molecule has 0 N–H and O–H groups in total. The van der Waals surface area contributed by atoms with E-state index in [1.165, 1.54) is 12.1 Å². The number of esters is 1. The normalized spacial score (nSPS) is 17.2. The number of benzene rings is 1. The number of carbonyl (C=O) groups excluding carboxylic acids is 2. The lowest BCUT2D eigenvalue weighted by molar-refractivity contribution is -0.151. The Morgan fingerprint density at radius 3 is 2.83 bits per heavy atom. The average Bonchev–Trinajstić information content (AvgIpc) is 3.16. The molecule has 2 heterocycles. The fraction of sp³-hybridized carbons (Fsp3) is 0.500. The highest BCUT2D eigenvalue weighted by atomic mass is 19.4. The molecule has 1 aromatic carbocycles. The molecule has 156 valence electrons. The van der Waals surface area contributed by atoms with Crippen molar-refractivity contribution in [1.29, 1.82) is 0 Å². The number of hydrogen-bond donors (Lipinski definition) is 0. The topological polar surface area (TPSA) is 90.2 Å². The average molecular weight is 411 g/mol. The van der Waals surface area contributed by atoms with Gasteiger partial charge < -0.3 is 9.64 Å². The van der Waals surface area contributed by atoms with Gasteiger partial charge in [0.05, 0.1) is 18.1 Å². The van der Waals surface area contributed by atoms with E-state index in [0.29, 0.717) is 19.4 Å². The van der Waals surface area contributed by atoms with E-state index in [1.807, 2.05) is 0 Å². The molecule has 1 fully saturated rings. The fourth-order valence-corrected chi connectivity index (χ4v) is 3.14. The zero-order valence-electron chi connectivity index (χ0n) is 15.7. The third kappa shape index (κ3) is 5.09. The maximum absolute atomic E-state index is 12.9. The Kier molecular flexibility index (Phi) is 6.14. The van der Waals surface area contributed by atoms with Crippen LogP contribution in [0.2, 0.25) is 0 Å². The summed E-state index contributed by atoms with van der Waals surface area (Å²) in [5.41, 5.74) is -0.667. The van der Waals surface area contributed by atoms with Crippen LogP contribution in [0.25, 0.3) is 11.4 Å². The van der Waals surface area contributed by atoms with Crippen molar-refractivity contribution >= 4 is 11.9 Å². The van der Waals surface area contributed by atoms with E-state index in [9.17, 15) is 22.8 Å². The number of ether oxygens (including phenoxy) is 1. The van der Waals surface area contributed by atoms with Gasteiger partial charge in [0.25, 0.3) is 0 Å². The van der Waals surface area contributed by atoms with Gasteiger partial charge in [0.1, 0.15) is 6.54 Å². The third-order valence-corrected chi connectivity index (χ3v) is 4.57. The van der Waals surface area contributed by atoms with Crippen LogP contribution in [0, 0.1) is 5.92 Å². The van der Waals surface area contributed by atoms with Gasteiger partial charge in [0.2, 0.25) is 11.7 Å². The minimum absolute atomic E-state index is 0.00746. The Labute approximate surface area is 164 Å². The number of tetrazole rings is 1. The summed E-state index contributed by atoms with van der Waals surface area (Å²) < 4.78 is 43.6. The molecule has 1 saturated heterocycles. The smallest absolute Gasteiger partial charge is 0.416 e. The number of likely N-dealkylation sites (tertiary alicyclic amines) is 1. The van der Waals surface area contributed by atoms with Crippen LogP contribution in [0.4, 0.5) is 13.2 Å². The molecule has 1 amide bonds. The monoisotopic (exact) mass is 411 g/mol. The van der Waals surface area contributed by atoms with Crippen LogP contribution in [0.15, 0.2) is 24.3 Å². The lowest BCUT2D eigenvalue weighted by Gasteiger charge is -2.31. The second-order valence-corrected chi connectivity index (χ2v) is 6.65. The number of amides is 1. The molecule has 0 bridgehead atoms. The molecule has 0 spiro atoms. The first-order valence-electron chi connectivity index (χ1n) is 9.17. The molecule has 1 aromatic heterocycles. The maximum atomic E-state index is 12.9. The quantitative estimate of drug-likeness (QED) is 0.701. The van der Waals surface area contributed by atoms with Crippen LogP contribution in [0.5, 0.6) is 0 Å². The van der Waals surface area contributed by atoms with Gasteiger partial charge in [0.15, 0.2) is 0 Å². The Morgan fingerprint density at radius 2 is 2.10 bits per heavy atom. The van der Waals surface area contributed by atoms with Gasteiger partial charge >= 0.3 is 12.1 Å². The SMILES string of the molecule is CCOC(=O)C1CCCN(C(=O)Cn2nnc(-c3cccc(C(F)(F)F)c3)n2)C1. The van der Waals surface area contributed by atoms with Crippen LogP contribution in [-0.2, 0) is 27.0 Å². The van der Waals surface area contributed by atoms with Crippen molar-refractivity contribution < 1.29 is 27.5 Å². The first-order valence-corrected chi connectivity index (χ1v) is 9.17. The van der Waals surface area contributed by atoms with Crippen molar-refractivity contribution in [2.24, 2.45) is 5.92 Å². The van der Waals surface area contributed by atoms with Crippen LogP contribution in [-0.4, -0.2) is 56.7 Å². The Bertz CT molecular complexity index is 884. The Morgan fingerprint density at radius 1 is 1.31 bits per heavy atom. The summed E-state index contributed by atoms with van der Waals surface area (Å²) in [6.45, 7) is 2.55. The first kappa shape index (κ1) is 20.7. The number of piperidine rings is 1. The molecule has 3 rings (SSSR count). The van der Waals surface area contributed by atoms with Crippen LogP contribution >= 0.6 is 0 Å². The maximum Gasteiger partial charge on any atom is 0.416 e. The number of carbonyl (C=O) groups is 2. The lowest BCUT2D eigenvalue weighted by atomic mass is 9.98. The summed E-state index contributed by atoms with van der Waals surface area (Å²) in [6.07, 6.45) is -3.15. The molecule has 29 heavy (non-hydrogen) atoms. The standard InChI is InChI=1S/C18H20F3N5O3/c1-2-29-17(28)13-6-4-8-25(10-13)15(27)11-26-23-16(22-24-26)12-5-3-7-14(9-12)18(19,20)21/h3,5,7,9,13H,2,4,6,8,10-11H2,1H3. The summed E-state index contributed by atoms with van der Waals surface area (Å²) in [6, 6.07) is 4.58. The van der Waals surface area contributed by atoms with E-state index in [0.717, 1.165) is 16.9 Å². The molecule has 11 heteroatoms. The van der Waals surface area contributed by atoms with Crippen molar-refractivity contribution in [3.8, 4) is 11.4 Å². The van der Waals surface area contributed by atoms with Crippen molar-refractivity contribution in [1.82, 2.24) is 25.1 Å². The van der Waals surface area contributed by atoms with Crippen molar-refractivity contribution in [2.45, 2.75) is 32.5 Å². The summed E-state index contributed by atoms with van der Waals surface area (Å²) >= 11 is 0. The fourth-order valence-electron chi connectivity index (χ4n) is 3.14. The molecule has 2 aromatic rings. The van der Waals surface area contributed by atoms with Gasteiger partial charge in [-0.3, -0.25) is 9.59 Å². The molecular weight excluding hydrogens is 391 g/mol. The van der Waals surface area contributed by atoms with E-state index in [-0.39, 0.29) is 48.9 Å². The Balaban J connectivity index is 1.66. The first-order chi connectivity index (χ1) is 13.8. The predicted molar refractivity (Wildman–Crippen MR) is 94.2 cm³/mol. The minimum Gasteiger partial charge on any atom is -0.466 e. The van der Waals surface area contributed by atoms with Crippen molar-refractivity contribution in [2.75, 3.05) is 19.7 Å². The molecule has 1 unspecified atom stereocenters. The predicted octanol–water partition coefficient (Wildman–Crippen LogP) is 2.16. The highest BCUT2D eigenvalue weighted by Gasteiger charge is 2.31. The van der Waals surface area contributed by atoms with E-state index in [4.69, 9.17) is 4.74 Å². The molecule has 1 aliphatic heterocycles. The van der Waals surface area contributed by atoms with Crippen LogP contribution < -0.4 is 0 Å². The number of rotatable bonds is 5. The van der Waals surface area contributed by atoms with Crippen LogP contribution in [0.3, 0.4) is 0 Å². The van der Waals surface area contributed by atoms with Gasteiger partial charge in [-0.2, -0.15) is 18.0 Å². The second-order valence-electron chi connectivity index (χ2n) is 6.65. The van der Waals surface area contributed by atoms with Crippen LogP contribution in [0.1, 0.15) is 25.3 Å². The summed E-state index contributed by atoms with van der Waals surface area (Å²) in [4.78, 5) is 27.0.